The summed E-state index contributed by atoms with van der Waals surface area (Å²) in [5.74, 6) is 2.54. The highest BCUT2D eigenvalue weighted by Gasteiger charge is 2.22. The van der Waals surface area contributed by atoms with Gasteiger partial charge in [0.1, 0.15) is 11.5 Å². The predicted octanol–water partition coefficient (Wildman–Crippen LogP) is 2.97. The average Bonchev–Trinajstić information content (AvgIpc) is 2.16. The van der Waals surface area contributed by atoms with Gasteiger partial charge in [0.25, 0.3) is 0 Å². The van der Waals surface area contributed by atoms with Crippen LogP contribution in [0.4, 0.5) is 0 Å². The first-order valence-corrected chi connectivity index (χ1v) is 5.07. The summed E-state index contributed by atoms with van der Waals surface area (Å²) in [5.41, 5.74) is 1.33. The van der Waals surface area contributed by atoms with Crippen LogP contribution in [0, 0.1) is 0 Å². The van der Waals surface area contributed by atoms with Crippen molar-refractivity contribution >= 4 is 0 Å². The van der Waals surface area contributed by atoms with Crippen molar-refractivity contribution in [2.75, 3.05) is 14.2 Å². The molecule has 1 aliphatic rings. The van der Waals surface area contributed by atoms with Crippen LogP contribution in [0.3, 0.4) is 0 Å². The van der Waals surface area contributed by atoms with Crippen LogP contribution in [0.1, 0.15) is 30.7 Å². The van der Waals surface area contributed by atoms with Gasteiger partial charge >= 0.3 is 0 Å². The Balaban J connectivity index is 2.29. The van der Waals surface area contributed by atoms with Gasteiger partial charge < -0.3 is 9.47 Å². The molecule has 0 amide bonds. The van der Waals surface area contributed by atoms with E-state index in [4.69, 9.17) is 9.47 Å². The third-order valence-electron chi connectivity index (χ3n) is 2.99. The van der Waals surface area contributed by atoms with E-state index < -0.39 is 0 Å². The molecule has 2 nitrogen and oxygen atoms in total. The zero-order chi connectivity index (χ0) is 9.97. The molecule has 0 heterocycles. The van der Waals surface area contributed by atoms with Crippen LogP contribution < -0.4 is 9.47 Å². The van der Waals surface area contributed by atoms with Gasteiger partial charge in [-0.2, -0.15) is 0 Å². The Morgan fingerprint density at radius 3 is 2.43 bits per heavy atom. The van der Waals surface area contributed by atoms with Gasteiger partial charge in [0.15, 0.2) is 0 Å². The van der Waals surface area contributed by atoms with Crippen LogP contribution >= 0.6 is 0 Å². The van der Waals surface area contributed by atoms with Crippen molar-refractivity contribution in [2.24, 2.45) is 0 Å². The fraction of sp³-hybridized carbons (Fsp3) is 0.500. The number of hydrogen-bond acceptors (Lipinski definition) is 2. The largest absolute Gasteiger partial charge is 0.497 e. The number of rotatable bonds is 3. The smallest absolute Gasteiger partial charge is 0.126 e. The third-order valence-corrected chi connectivity index (χ3v) is 2.99. The lowest BCUT2D eigenvalue weighted by molar-refractivity contribution is 0.366. The highest BCUT2D eigenvalue weighted by atomic mass is 16.5. The summed E-state index contributed by atoms with van der Waals surface area (Å²) < 4.78 is 10.5. The lowest BCUT2D eigenvalue weighted by Crippen LogP contribution is -2.10. The first kappa shape index (κ1) is 9.38. The summed E-state index contributed by atoms with van der Waals surface area (Å²) in [4.78, 5) is 0. The lowest BCUT2D eigenvalue weighted by Gasteiger charge is -2.27. The van der Waals surface area contributed by atoms with E-state index in [1.54, 1.807) is 14.2 Å². The highest BCUT2D eigenvalue weighted by molar-refractivity contribution is 5.43. The first-order valence-electron chi connectivity index (χ1n) is 5.07. The van der Waals surface area contributed by atoms with Gasteiger partial charge in [0.05, 0.1) is 14.2 Å². The molecule has 0 bridgehead atoms. The highest BCUT2D eigenvalue weighted by Crippen LogP contribution is 2.41. The molecule has 0 saturated heterocycles. The van der Waals surface area contributed by atoms with Gasteiger partial charge in [0.2, 0.25) is 0 Å². The van der Waals surface area contributed by atoms with Crippen molar-refractivity contribution in [1.29, 1.82) is 0 Å². The normalized spacial score (nSPS) is 16.1. The van der Waals surface area contributed by atoms with E-state index in [-0.39, 0.29) is 0 Å². The fourth-order valence-corrected chi connectivity index (χ4v) is 1.87. The zero-order valence-electron chi connectivity index (χ0n) is 8.75. The summed E-state index contributed by atoms with van der Waals surface area (Å²) in [7, 11) is 3.40. The summed E-state index contributed by atoms with van der Waals surface area (Å²) in [6.45, 7) is 0. The van der Waals surface area contributed by atoms with Gasteiger partial charge in [-0.1, -0.05) is 12.5 Å². The topological polar surface area (TPSA) is 18.5 Å². The minimum atomic E-state index is 0.704. The second kappa shape index (κ2) is 3.91. The molecule has 1 aromatic carbocycles. The molecule has 0 atom stereocenters. The van der Waals surface area contributed by atoms with Crippen molar-refractivity contribution in [3.05, 3.63) is 23.8 Å². The molecule has 14 heavy (non-hydrogen) atoms. The molecule has 0 aromatic heterocycles. The van der Waals surface area contributed by atoms with Crippen LogP contribution in [0.15, 0.2) is 18.2 Å². The van der Waals surface area contributed by atoms with Crippen LogP contribution in [-0.4, -0.2) is 14.2 Å². The zero-order valence-corrected chi connectivity index (χ0v) is 8.75. The Morgan fingerprint density at radius 2 is 1.93 bits per heavy atom. The van der Waals surface area contributed by atoms with E-state index in [1.165, 1.54) is 24.8 Å². The minimum absolute atomic E-state index is 0.704. The minimum Gasteiger partial charge on any atom is -0.497 e. The molecule has 1 aromatic rings. The number of methoxy groups -OCH3 is 2. The molecule has 2 rings (SSSR count). The van der Waals surface area contributed by atoms with Gasteiger partial charge in [-0.3, -0.25) is 0 Å². The molecule has 1 aliphatic carbocycles. The second-order valence-corrected chi connectivity index (χ2v) is 3.74. The SMILES string of the molecule is COc1ccc(C2CCC2)c(OC)c1. The van der Waals surface area contributed by atoms with Gasteiger partial charge in [-0.05, 0) is 30.4 Å². The van der Waals surface area contributed by atoms with E-state index in [2.05, 4.69) is 6.07 Å². The standard InChI is InChI=1S/C12H16O2/c1-13-10-6-7-11(9-4-3-5-9)12(8-10)14-2/h6-9H,3-5H2,1-2H3. The van der Waals surface area contributed by atoms with Crippen molar-refractivity contribution < 1.29 is 9.47 Å². The van der Waals surface area contributed by atoms with Crippen molar-refractivity contribution in [1.82, 2.24) is 0 Å². The molecule has 1 fully saturated rings. The van der Waals surface area contributed by atoms with E-state index >= 15 is 0 Å². The molecular weight excluding hydrogens is 176 g/mol. The Hall–Kier alpha value is -1.18. The van der Waals surface area contributed by atoms with Gasteiger partial charge in [0, 0.05) is 6.07 Å². The van der Waals surface area contributed by atoms with Crippen molar-refractivity contribution in [2.45, 2.75) is 25.2 Å². The molecule has 0 N–H and O–H groups in total. The first-order chi connectivity index (χ1) is 6.85. The summed E-state index contributed by atoms with van der Waals surface area (Å²) in [6, 6.07) is 6.10. The number of ether oxygens (including phenoxy) is 2. The Labute approximate surface area is 84.8 Å². The Morgan fingerprint density at radius 1 is 1.14 bits per heavy atom. The molecule has 76 valence electrons. The molecule has 0 aliphatic heterocycles. The van der Waals surface area contributed by atoms with Crippen LogP contribution in [-0.2, 0) is 0 Å². The fourth-order valence-electron chi connectivity index (χ4n) is 1.87. The van der Waals surface area contributed by atoms with E-state index in [0.29, 0.717) is 5.92 Å². The quantitative estimate of drug-likeness (QED) is 0.733. The maximum Gasteiger partial charge on any atom is 0.126 e. The van der Waals surface area contributed by atoms with Crippen molar-refractivity contribution in [3.8, 4) is 11.5 Å². The molecule has 0 unspecified atom stereocenters. The maximum absolute atomic E-state index is 5.36. The van der Waals surface area contributed by atoms with Crippen LogP contribution in [0.2, 0.25) is 0 Å². The monoisotopic (exact) mass is 192 g/mol. The lowest BCUT2D eigenvalue weighted by atomic mass is 9.79. The molecule has 0 spiro atoms. The molecule has 0 radical (unpaired) electrons. The van der Waals surface area contributed by atoms with E-state index in [1.807, 2.05) is 12.1 Å². The molecule has 1 saturated carbocycles. The predicted molar refractivity (Wildman–Crippen MR) is 56.1 cm³/mol. The van der Waals surface area contributed by atoms with Crippen molar-refractivity contribution in [3.63, 3.8) is 0 Å². The van der Waals surface area contributed by atoms with Crippen LogP contribution in [0.25, 0.3) is 0 Å². The van der Waals surface area contributed by atoms with E-state index in [9.17, 15) is 0 Å². The summed E-state index contributed by atoms with van der Waals surface area (Å²) >= 11 is 0. The average molecular weight is 192 g/mol. The Kier molecular flexibility index (Phi) is 2.62. The van der Waals surface area contributed by atoms with Gasteiger partial charge in [-0.25, -0.2) is 0 Å². The third kappa shape index (κ3) is 1.57. The molecule has 2 heteroatoms. The summed E-state index contributed by atoms with van der Waals surface area (Å²) in [5, 5.41) is 0. The van der Waals surface area contributed by atoms with E-state index in [0.717, 1.165) is 11.5 Å². The maximum atomic E-state index is 5.36. The van der Waals surface area contributed by atoms with Gasteiger partial charge in [-0.15, -0.1) is 0 Å². The summed E-state index contributed by atoms with van der Waals surface area (Å²) in [6.07, 6.45) is 3.94. The molecular formula is C12H16O2. The number of hydrogen-bond donors (Lipinski definition) is 0. The number of benzene rings is 1. The second-order valence-electron chi connectivity index (χ2n) is 3.74. The Bertz CT molecular complexity index is 316. The van der Waals surface area contributed by atoms with Crippen LogP contribution in [0.5, 0.6) is 11.5 Å².